The van der Waals surface area contributed by atoms with Gasteiger partial charge in [0.25, 0.3) is 0 Å². The second kappa shape index (κ2) is 3.45. The Bertz CT molecular complexity index is 408. The van der Waals surface area contributed by atoms with Gasteiger partial charge in [0.2, 0.25) is 0 Å². The monoisotopic (exact) mass is 184 g/mol. The van der Waals surface area contributed by atoms with Crippen LogP contribution in [0.3, 0.4) is 0 Å². The third kappa shape index (κ3) is 1.52. The Morgan fingerprint density at radius 2 is 1.86 bits per heavy atom. The van der Waals surface area contributed by atoms with Crippen LogP contribution in [0.15, 0.2) is 42.0 Å². The molecule has 1 aliphatic carbocycles. The van der Waals surface area contributed by atoms with E-state index in [4.69, 9.17) is 0 Å². The van der Waals surface area contributed by atoms with E-state index < -0.39 is 0 Å². The van der Waals surface area contributed by atoms with Gasteiger partial charge in [0.1, 0.15) is 0 Å². The summed E-state index contributed by atoms with van der Waals surface area (Å²) in [6.07, 6.45) is 6.80. The van der Waals surface area contributed by atoms with Crippen molar-refractivity contribution in [1.82, 2.24) is 0 Å². The van der Waals surface area contributed by atoms with Gasteiger partial charge in [0.15, 0.2) is 0 Å². The molecule has 0 nitrogen and oxygen atoms in total. The molecule has 0 aliphatic heterocycles. The van der Waals surface area contributed by atoms with E-state index in [9.17, 15) is 0 Å². The van der Waals surface area contributed by atoms with E-state index in [2.05, 4.69) is 57.2 Å². The summed E-state index contributed by atoms with van der Waals surface area (Å²) in [5.41, 5.74) is 5.62. The third-order valence-corrected chi connectivity index (χ3v) is 3.01. The number of hydrogen-bond acceptors (Lipinski definition) is 0. The SMILES string of the molecule is CC1=CC(c2cccc(C)c2C)C=C1. The summed E-state index contributed by atoms with van der Waals surface area (Å²) in [6.45, 7) is 6.54. The van der Waals surface area contributed by atoms with Crippen molar-refractivity contribution in [3.8, 4) is 0 Å². The van der Waals surface area contributed by atoms with E-state index >= 15 is 0 Å². The maximum atomic E-state index is 2.32. The summed E-state index contributed by atoms with van der Waals surface area (Å²) in [5.74, 6) is 0.495. The van der Waals surface area contributed by atoms with Crippen molar-refractivity contribution in [2.75, 3.05) is 0 Å². The van der Waals surface area contributed by atoms with E-state index in [0.29, 0.717) is 5.92 Å². The van der Waals surface area contributed by atoms with Gasteiger partial charge < -0.3 is 0 Å². The van der Waals surface area contributed by atoms with Gasteiger partial charge in [-0.3, -0.25) is 0 Å². The molecule has 1 unspecified atom stereocenters. The highest BCUT2D eigenvalue weighted by Gasteiger charge is 2.12. The lowest BCUT2D eigenvalue weighted by Crippen LogP contribution is -1.95. The molecule has 1 aliphatic rings. The van der Waals surface area contributed by atoms with Gasteiger partial charge in [-0.25, -0.2) is 0 Å². The van der Waals surface area contributed by atoms with Gasteiger partial charge in [-0.15, -0.1) is 0 Å². The molecule has 0 amide bonds. The van der Waals surface area contributed by atoms with E-state index in [1.165, 1.54) is 22.3 Å². The molecule has 0 bridgehead atoms. The molecule has 0 heteroatoms. The van der Waals surface area contributed by atoms with Crippen molar-refractivity contribution in [3.63, 3.8) is 0 Å². The van der Waals surface area contributed by atoms with Gasteiger partial charge in [0.05, 0.1) is 0 Å². The zero-order chi connectivity index (χ0) is 10.1. The Morgan fingerprint density at radius 3 is 2.50 bits per heavy atom. The molecule has 0 heterocycles. The Labute approximate surface area is 86.0 Å². The zero-order valence-electron chi connectivity index (χ0n) is 9.04. The normalized spacial score (nSPS) is 19.9. The van der Waals surface area contributed by atoms with Crippen molar-refractivity contribution < 1.29 is 0 Å². The first-order valence-corrected chi connectivity index (χ1v) is 5.11. The van der Waals surface area contributed by atoms with Crippen LogP contribution in [0.1, 0.15) is 29.5 Å². The summed E-state index contributed by atoms with van der Waals surface area (Å²) in [6, 6.07) is 6.55. The minimum Gasteiger partial charge on any atom is -0.0730 e. The van der Waals surface area contributed by atoms with Crippen LogP contribution in [-0.4, -0.2) is 0 Å². The van der Waals surface area contributed by atoms with Crippen LogP contribution in [-0.2, 0) is 0 Å². The molecule has 1 atom stereocenters. The second-order valence-corrected chi connectivity index (χ2v) is 4.08. The van der Waals surface area contributed by atoms with Crippen LogP contribution in [0.5, 0.6) is 0 Å². The minimum absolute atomic E-state index is 0.495. The Hall–Kier alpha value is -1.30. The van der Waals surface area contributed by atoms with Crippen molar-refractivity contribution in [3.05, 3.63) is 58.7 Å². The lowest BCUT2D eigenvalue weighted by Gasteiger charge is -2.11. The number of allylic oxidation sites excluding steroid dienone is 4. The number of aryl methyl sites for hydroxylation is 1. The van der Waals surface area contributed by atoms with Crippen LogP contribution in [0.2, 0.25) is 0 Å². The van der Waals surface area contributed by atoms with Gasteiger partial charge in [-0.1, -0.05) is 42.0 Å². The summed E-state index contributed by atoms with van der Waals surface area (Å²) in [5, 5.41) is 0. The topological polar surface area (TPSA) is 0 Å². The van der Waals surface area contributed by atoms with Crippen molar-refractivity contribution in [2.24, 2.45) is 0 Å². The summed E-state index contributed by atoms with van der Waals surface area (Å²) in [7, 11) is 0. The predicted octanol–water partition coefficient (Wildman–Crippen LogP) is 3.90. The molecule has 1 aromatic rings. The molecular formula is C14H16. The Morgan fingerprint density at radius 1 is 1.07 bits per heavy atom. The summed E-state index contributed by atoms with van der Waals surface area (Å²) < 4.78 is 0. The zero-order valence-corrected chi connectivity index (χ0v) is 9.04. The maximum Gasteiger partial charge on any atom is 0.0210 e. The number of benzene rings is 1. The lowest BCUT2D eigenvalue weighted by molar-refractivity contribution is 1.06. The molecule has 0 spiro atoms. The molecule has 0 fully saturated rings. The van der Waals surface area contributed by atoms with Crippen LogP contribution < -0.4 is 0 Å². The number of rotatable bonds is 1. The maximum absolute atomic E-state index is 2.32. The summed E-state index contributed by atoms with van der Waals surface area (Å²) >= 11 is 0. The van der Waals surface area contributed by atoms with E-state index in [1.54, 1.807) is 0 Å². The van der Waals surface area contributed by atoms with Gasteiger partial charge in [0, 0.05) is 5.92 Å². The average molecular weight is 184 g/mol. The quantitative estimate of drug-likeness (QED) is 0.621. The first-order valence-electron chi connectivity index (χ1n) is 5.11. The highest BCUT2D eigenvalue weighted by molar-refractivity contribution is 5.44. The largest absolute Gasteiger partial charge is 0.0730 e. The molecule has 2 rings (SSSR count). The van der Waals surface area contributed by atoms with Crippen molar-refractivity contribution in [1.29, 1.82) is 0 Å². The van der Waals surface area contributed by atoms with Crippen LogP contribution >= 0.6 is 0 Å². The number of hydrogen-bond donors (Lipinski definition) is 0. The van der Waals surface area contributed by atoms with Crippen LogP contribution in [0, 0.1) is 13.8 Å². The first-order chi connectivity index (χ1) is 6.68. The average Bonchev–Trinajstić information content (AvgIpc) is 2.57. The van der Waals surface area contributed by atoms with Crippen molar-refractivity contribution in [2.45, 2.75) is 26.7 Å². The molecule has 1 aromatic carbocycles. The predicted molar refractivity (Wildman–Crippen MR) is 61.6 cm³/mol. The molecule has 0 saturated heterocycles. The molecular weight excluding hydrogens is 168 g/mol. The Balaban J connectivity index is 2.43. The summed E-state index contributed by atoms with van der Waals surface area (Å²) in [4.78, 5) is 0. The van der Waals surface area contributed by atoms with Crippen LogP contribution in [0.25, 0.3) is 0 Å². The van der Waals surface area contributed by atoms with Gasteiger partial charge in [-0.05, 0) is 37.5 Å². The standard InChI is InChI=1S/C14H16/c1-10-7-8-13(9-10)14-6-4-5-11(2)12(14)3/h4-9,13H,1-3H3. The van der Waals surface area contributed by atoms with Gasteiger partial charge in [-0.2, -0.15) is 0 Å². The molecule has 0 aromatic heterocycles. The first kappa shape index (κ1) is 9.26. The van der Waals surface area contributed by atoms with E-state index in [0.717, 1.165) is 0 Å². The molecule has 0 saturated carbocycles. The smallest absolute Gasteiger partial charge is 0.0210 e. The van der Waals surface area contributed by atoms with Crippen molar-refractivity contribution >= 4 is 0 Å². The third-order valence-electron chi connectivity index (χ3n) is 3.01. The van der Waals surface area contributed by atoms with E-state index in [1.807, 2.05) is 0 Å². The molecule has 0 N–H and O–H groups in total. The fourth-order valence-electron chi connectivity index (χ4n) is 1.98. The lowest BCUT2D eigenvalue weighted by atomic mass is 9.93. The highest BCUT2D eigenvalue weighted by atomic mass is 14.2. The fourth-order valence-corrected chi connectivity index (χ4v) is 1.98. The van der Waals surface area contributed by atoms with E-state index in [-0.39, 0.29) is 0 Å². The Kier molecular flexibility index (Phi) is 2.28. The van der Waals surface area contributed by atoms with Crippen LogP contribution in [0.4, 0.5) is 0 Å². The fraction of sp³-hybridized carbons (Fsp3) is 0.286. The molecule has 0 radical (unpaired) electrons. The second-order valence-electron chi connectivity index (χ2n) is 4.08. The molecule has 14 heavy (non-hydrogen) atoms. The molecule has 72 valence electrons. The van der Waals surface area contributed by atoms with Gasteiger partial charge >= 0.3 is 0 Å². The minimum atomic E-state index is 0.495. The highest BCUT2D eigenvalue weighted by Crippen LogP contribution is 2.29.